The number of Topliss-reactive ketones (excluding diaryl/α,β-unsaturated/α-hetero) is 1. The van der Waals surface area contributed by atoms with Crippen molar-refractivity contribution in [1.29, 1.82) is 0 Å². The Bertz CT molecular complexity index is 571. The standard InChI is InChI=1S/C10H12N6O2/c1-6(17)7-3-8(16(2)5-7)10(18)11-4-9-12-14-15-13-9/h3,5H,4H2,1-2H3,(H,11,18)(H,12,13,14,15). The van der Waals surface area contributed by atoms with Crippen LogP contribution in [-0.4, -0.2) is 36.9 Å². The number of aromatic amines is 1. The second-order valence-corrected chi connectivity index (χ2v) is 3.79. The summed E-state index contributed by atoms with van der Waals surface area (Å²) in [6, 6.07) is 1.55. The maximum Gasteiger partial charge on any atom is 0.268 e. The Labute approximate surface area is 102 Å². The van der Waals surface area contributed by atoms with Crippen LogP contribution in [0, 0.1) is 0 Å². The first kappa shape index (κ1) is 12.0. The lowest BCUT2D eigenvalue weighted by Crippen LogP contribution is -2.25. The predicted molar refractivity (Wildman–Crippen MR) is 60.8 cm³/mol. The minimum Gasteiger partial charge on any atom is -0.346 e. The predicted octanol–water partition coefficient (Wildman–Crippen LogP) is -0.329. The summed E-state index contributed by atoms with van der Waals surface area (Å²) < 4.78 is 1.60. The number of hydrogen-bond acceptors (Lipinski definition) is 5. The van der Waals surface area contributed by atoms with Crippen LogP contribution in [0.25, 0.3) is 0 Å². The smallest absolute Gasteiger partial charge is 0.268 e. The molecule has 0 spiro atoms. The number of tetrazole rings is 1. The fraction of sp³-hybridized carbons (Fsp3) is 0.300. The summed E-state index contributed by atoms with van der Waals surface area (Å²) in [5.74, 6) is 0.0157. The number of H-pyrrole nitrogens is 1. The van der Waals surface area contributed by atoms with Crippen molar-refractivity contribution < 1.29 is 9.59 Å². The monoisotopic (exact) mass is 248 g/mol. The van der Waals surface area contributed by atoms with Crippen LogP contribution in [0.1, 0.15) is 33.6 Å². The van der Waals surface area contributed by atoms with Crippen LogP contribution >= 0.6 is 0 Å². The molecule has 0 saturated heterocycles. The van der Waals surface area contributed by atoms with Gasteiger partial charge in [-0.2, -0.15) is 5.21 Å². The lowest BCUT2D eigenvalue weighted by atomic mass is 10.2. The number of nitrogens with zero attached hydrogens (tertiary/aromatic N) is 4. The molecular weight excluding hydrogens is 236 g/mol. The van der Waals surface area contributed by atoms with Crippen molar-refractivity contribution in [1.82, 2.24) is 30.5 Å². The molecule has 2 heterocycles. The van der Waals surface area contributed by atoms with Crippen molar-refractivity contribution in [3.05, 3.63) is 29.3 Å². The molecule has 0 fully saturated rings. The summed E-state index contributed by atoms with van der Waals surface area (Å²) in [6.45, 7) is 1.63. The molecule has 0 aliphatic rings. The largest absolute Gasteiger partial charge is 0.346 e. The van der Waals surface area contributed by atoms with Crippen LogP contribution in [0.5, 0.6) is 0 Å². The lowest BCUT2D eigenvalue weighted by Gasteiger charge is -2.02. The summed E-state index contributed by atoms with van der Waals surface area (Å²) in [4.78, 5) is 23.1. The van der Waals surface area contributed by atoms with Crippen molar-refractivity contribution in [3.63, 3.8) is 0 Å². The van der Waals surface area contributed by atoms with Crippen molar-refractivity contribution in [2.75, 3.05) is 0 Å². The average Bonchev–Trinajstić information content (AvgIpc) is 2.94. The minimum atomic E-state index is -0.296. The Balaban J connectivity index is 2.06. The molecule has 0 aliphatic heterocycles. The van der Waals surface area contributed by atoms with Crippen LogP contribution in [0.2, 0.25) is 0 Å². The van der Waals surface area contributed by atoms with Crippen LogP contribution in [0.4, 0.5) is 0 Å². The molecule has 18 heavy (non-hydrogen) atoms. The topological polar surface area (TPSA) is 106 Å². The Morgan fingerprint density at radius 2 is 2.28 bits per heavy atom. The highest BCUT2D eigenvalue weighted by Gasteiger charge is 2.13. The molecule has 94 valence electrons. The molecule has 2 aromatic heterocycles. The van der Waals surface area contributed by atoms with Gasteiger partial charge in [-0.05, 0) is 13.0 Å². The summed E-state index contributed by atoms with van der Waals surface area (Å²) in [5, 5.41) is 15.7. The first-order valence-corrected chi connectivity index (χ1v) is 5.25. The van der Waals surface area contributed by atoms with Gasteiger partial charge in [-0.25, -0.2) is 0 Å². The highest BCUT2D eigenvalue weighted by Crippen LogP contribution is 2.08. The number of ketones is 1. The molecule has 0 saturated carbocycles. The van der Waals surface area contributed by atoms with Crippen LogP contribution < -0.4 is 5.32 Å². The van der Waals surface area contributed by atoms with E-state index in [0.717, 1.165) is 0 Å². The van der Waals surface area contributed by atoms with Crippen LogP contribution in [-0.2, 0) is 13.6 Å². The molecule has 0 atom stereocenters. The molecule has 0 aromatic carbocycles. The van der Waals surface area contributed by atoms with Gasteiger partial charge < -0.3 is 9.88 Å². The molecule has 8 heteroatoms. The fourth-order valence-electron chi connectivity index (χ4n) is 1.49. The molecule has 0 radical (unpaired) electrons. The zero-order valence-electron chi connectivity index (χ0n) is 9.97. The second kappa shape index (κ2) is 4.78. The molecule has 0 unspecified atom stereocenters. The third-order valence-corrected chi connectivity index (χ3v) is 2.44. The third kappa shape index (κ3) is 2.42. The number of hydrogen-bond donors (Lipinski definition) is 2. The van der Waals surface area contributed by atoms with Gasteiger partial charge in [0.2, 0.25) is 0 Å². The molecule has 0 bridgehead atoms. The van der Waals surface area contributed by atoms with Crippen molar-refractivity contribution in [2.45, 2.75) is 13.5 Å². The van der Waals surface area contributed by atoms with Gasteiger partial charge in [0, 0.05) is 18.8 Å². The highest BCUT2D eigenvalue weighted by atomic mass is 16.2. The minimum absolute atomic E-state index is 0.0807. The number of carbonyl (C=O) groups excluding carboxylic acids is 2. The van der Waals surface area contributed by atoms with E-state index in [1.807, 2.05) is 0 Å². The zero-order chi connectivity index (χ0) is 13.1. The van der Waals surface area contributed by atoms with E-state index in [4.69, 9.17) is 0 Å². The van der Waals surface area contributed by atoms with Gasteiger partial charge in [0.05, 0.1) is 6.54 Å². The SMILES string of the molecule is CC(=O)c1cc(C(=O)NCc2nn[nH]n2)n(C)c1. The van der Waals surface area contributed by atoms with E-state index in [1.54, 1.807) is 23.9 Å². The summed E-state index contributed by atoms with van der Waals surface area (Å²) in [6.07, 6.45) is 1.62. The molecule has 1 amide bonds. The number of carbonyl (C=O) groups is 2. The van der Waals surface area contributed by atoms with E-state index < -0.39 is 0 Å². The Kier molecular flexibility index (Phi) is 3.18. The Morgan fingerprint density at radius 3 is 2.83 bits per heavy atom. The van der Waals surface area contributed by atoms with Crippen molar-refractivity contribution >= 4 is 11.7 Å². The molecule has 8 nitrogen and oxygen atoms in total. The van der Waals surface area contributed by atoms with Gasteiger partial charge in [0.1, 0.15) is 5.69 Å². The van der Waals surface area contributed by atoms with Crippen molar-refractivity contribution in [3.8, 4) is 0 Å². The van der Waals surface area contributed by atoms with Crippen molar-refractivity contribution in [2.24, 2.45) is 7.05 Å². The summed E-state index contributed by atoms with van der Waals surface area (Å²) >= 11 is 0. The quantitative estimate of drug-likeness (QED) is 0.721. The Morgan fingerprint density at radius 1 is 1.50 bits per heavy atom. The van der Waals surface area contributed by atoms with Crippen LogP contribution in [0.15, 0.2) is 12.3 Å². The van der Waals surface area contributed by atoms with E-state index in [0.29, 0.717) is 17.1 Å². The van der Waals surface area contributed by atoms with E-state index >= 15 is 0 Å². The fourth-order valence-corrected chi connectivity index (χ4v) is 1.49. The number of aryl methyl sites for hydroxylation is 1. The zero-order valence-corrected chi connectivity index (χ0v) is 9.97. The third-order valence-electron chi connectivity index (χ3n) is 2.44. The Hall–Kier alpha value is -2.51. The highest BCUT2D eigenvalue weighted by molar-refractivity contribution is 5.99. The summed E-state index contributed by atoms with van der Waals surface area (Å²) in [7, 11) is 1.70. The second-order valence-electron chi connectivity index (χ2n) is 3.79. The van der Waals surface area contributed by atoms with Crippen LogP contribution in [0.3, 0.4) is 0 Å². The number of amides is 1. The van der Waals surface area contributed by atoms with Gasteiger partial charge in [0.25, 0.3) is 5.91 Å². The molecule has 2 N–H and O–H groups in total. The first-order chi connectivity index (χ1) is 8.58. The number of aromatic nitrogens is 5. The molecule has 0 aliphatic carbocycles. The van der Waals surface area contributed by atoms with Gasteiger partial charge in [0.15, 0.2) is 11.6 Å². The van der Waals surface area contributed by atoms with Gasteiger partial charge in [-0.1, -0.05) is 5.21 Å². The maximum absolute atomic E-state index is 11.9. The van der Waals surface area contributed by atoms with Gasteiger partial charge in [-0.3, -0.25) is 9.59 Å². The molecule has 2 aromatic rings. The summed E-state index contributed by atoms with van der Waals surface area (Å²) in [5.41, 5.74) is 0.908. The first-order valence-electron chi connectivity index (χ1n) is 5.25. The average molecular weight is 248 g/mol. The molecule has 2 rings (SSSR count). The van der Waals surface area contributed by atoms with Gasteiger partial charge in [-0.15, -0.1) is 10.2 Å². The van der Waals surface area contributed by atoms with E-state index in [-0.39, 0.29) is 18.2 Å². The van der Waals surface area contributed by atoms with E-state index in [1.165, 1.54) is 6.92 Å². The van der Waals surface area contributed by atoms with Gasteiger partial charge >= 0.3 is 0 Å². The lowest BCUT2D eigenvalue weighted by molar-refractivity contribution is 0.0941. The normalized spacial score (nSPS) is 10.3. The molecular formula is C10H12N6O2. The number of nitrogens with one attached hydrogen (secondary N) is 2. The maximum atomic E-state index is 11.9. The van der Waals surface area contributed by atoms with E-state index in [2.05, 4.69) is 25.9 Å². The number of rotatable bonds is 4. The van der Waals surface area contributed by atoms with E-state index in [9.17, 15) is 9.59 Å².